The quantitative estimate of drug-likeness (QED) is 0.456. The Morgan fingerprint density at radius 2 is 2.04 bits per heavy atom. The van der Waals surface area contributed by atoms with Crippen molar-refractivity contribution in [2.45, 2.75) is 40.2 Å². The van der Waals surface area contributed by atoms with Crippen LogP contribution in [0.3, 0.4) is 0 Å². The lowest BCUT2D eigenvalue weighted by Gasteiger charge is -2.24. The van der Waals surface area contributed by atoms with E-state index in [4.69, 9.17) is 16.4 Å². The van der Waals surface area contributed by atoms with Crippen LogP contribution in [0, 0.1) is 0 Å². The van der Waals surface area contributed by atoms with E-state index in [2.05, 4.69) is 5.32 Å². The Bertz CT molecular complexity index is 798. The van der Waals surface area contributed by atoms with Gasteiger partial charge in [0, 0.05) is 12.1 Å². The highest BCUT2D eigenvalue weighted by atomic mass is 35.5. The molecule has 1 saturated heterocycles. The first-order valence-electron chi connectivity index (χ1n) is 8.66. The summed E-state index contributed by atoms with van der Waals surface area (Å²) >= 11 is 6.23. The van der Waals surface area contributed by atoms with E-state index in [1.54, 1.807) is 45.9 Å². The SMILES string of the molecule is CCN(OC)C(=O)C(C)Nc1cc(N2C(=O)CC(=C(C)C)C2=O)ccc1Cl. The predicted octanol–water partition coefficient (Wildman–Crippen LogP) is 3.15. The molecule has 2 rings (SSSR count). The second-order valence-corrected chi connectivity index (χ2v) is 6.84. The molecule has 8 heteroatoms. The Balaban J connectivity index is 2.29. The molecule has 1 atom stereocenters. The maximum Gasteiger partial charge on any atom is 0.268 e. The molecular formula is C19H24ClN3O4. The zero-order chi connectivity index (χ0) is 20.3. The Hall–Kier alpha value is -2.38. The molecule has 1 fully saturated rings. The lowest BCUT2D eigenvalue weighted by Crippen LogP contribution is -2.40. The second-order valence-electron chi connectivity index (χ2n) is 6.44. The first kappa shape index (κ1) is 20.9. The third-order valence-corrected chi connectivity index (χ3v) is 4.68. The van der Waals surface area contributed by atoms with Gasteiger partial charge in [0.1, 0.15) is 6.04 Å². The van der Waals surface area contributed by atoms with Gasteiger partial charge < -0.3 is 5.32 Å². The van der Waals surface area contributed by atoms with Gasteiger partial charge in [-0.15, -0.1) is 0 Å². The molecular weight excluding hydrogens is 370 g/mol. The van der Waals surface area contributed by atoms with Crippen LogP contribution in [0.5, 0.6) is 0 Å². The number of benzene rings is 1. The monoisotopic (exact) mass is 393 g/mol. The number of anilines is 2. The number of likely N-dealkylation sites (N-methyl/N-ethyl adjacent to an activating group) is 1. The molecule has 7 nitrogen and oxygen atoms in total. The fourth-order valence-electron chi connectivity index (χ4n) is 2.85. The summed E-state index contributed by atoms with van der Waals surface area (Å²) in [7, 11) is 1.42. The Morgan fingerprint density at radius 3 is 2.56 bits per heavy atom. The Labute approximate surface area is 163 Å². The van der Waals surface area contributed by atoms with Crippen molar-refractivity contribution in [1.29, 1.82) is 0 Å². The van der Waals surface area contributed by atoms with Crippen LogP contribution in [0.25, 0.3) is 0 Å². The van der Waals surface area contributed by atoms with E-state index in [0.29, 0.717) is 28.5 Å². The van der Waals surface area contributed by atoms with Crippen molar-refractivity contribution in [2.24, 2.45) is 0 Å². The number of rotatable bonds is 6. The smallest absolute Gasteiger partial charge is 0.268 e. The summed E-state index contributed by atoms with van der Waals surface area (Å²) in [6, 6.07) is 4.18. The highest BCUT2D eigenvalue weighted by molar-refractivity contribution is 6.34. The molecule has 0 bridgehead atoms. The molecule has 3 amide bonds. The molecule has 1 unspecified atom stereocenters. The zero-order valence-corrected chi connectivity index (χ0v) is 16.9. The van der Waals surface area contributed by atoms with E-state index < -0.39 is 6.04 Å². The fraction of sp³-hybridized carbons (Fsp3) is 0.421. The summed E-state index contributed by atoms with van der Waals surface area (Å²) in [5.41, 5.74) is 2.19. The number of hydrogen-bond acceptors (Lipinski definition) is 5. The minimum atomic E-state index is -0.615. The first-order chi connectivity index (χ1) is 12.7. The van der Waals surface area contributed by atoms with E-state index >= 15 is 0 Å². The topological polar surface area (TPSA) is 79.0 Å². The van der Waals surface area contributed by atoms with Crippen LogP contribution in [0.15, 0.2) is 29.3 Å². The van der Waals surface area contributed by atoms with Crippen molar-refractivity contribution in [3.63, 3.8) is 0 Å². The summed E-state index contributed by atoms with van der Waals surface area (Å²) in [6.45, 7) is 7.49. The number of carbonyl (C=O) groups excluding carboxylic acids is 3. The number of hydrogen-bond donors (Lipinski definition) is 1. The molecule has 0 spiro atoms. The number of amides is 3. The van der Waals surface area contributed by atoms with E-state index in [1.165, 1.54) is 12.2 Å². The van der Waals surface area contributed by atoms with Crippen molar-refractivity contribution in [3.8, 4) is 0 Å². The van der Waals surface area contributed by atoms with Gasteiger partial charge >= 0.3 is 0 Å². The number of hydroxylamine groups is 2. The number of imide groups is 1. The van der Waals surface area contributed by atoms with Crippen LogP contribution in [0.4, 0.5) is 11.4 Å². The third kappa shape index (κ3) is 4.31. The molecule has 1 aliphatic heterocycles. The van der Waals surface area contributed by atoms with Crippen LogP contribution in [-0.2, 0) is 19.2 Å². The number of nitrogens with one attached hydrogen (secondary N) is 1. The molecule has 1 aromatic rings. The molecule has 146 valence electrons. The highest BCUT2D eigenvalue weighted by Gasteiger charge is 2.35. The van der Waals surface area contributed by atoms with E-state index in [-0.39, 0.29) is 24.1 Å². The van der Waals surface area contributed by atoms with Gasteiger partial charge in [-0.1, -0.05) is 17.2 Å². The van der Waals surface area contributed by atoms with E-state index in [0.717, 1.165) is 10.5 Å². The summed E-state index contributed by atoms with van der Waals surface area (Å²) in [5.74, 6) is -0.874. The summed E-state index contributed by atoms with van der Waals surface area (Å²) in [5, 5.41) is 4.62. The third-order valence-electron chi connectivity index (χ3n) is 4.35. The van der Waals surface area contributed by atoms with Gasteiger partial charge in [0.05, 0.1) is 29.9 Å². The molecule has 1 N–H and O–H groups in total. The number of halogens is 1. The largest absolute Gasteiger partial charge is 0.373 e. The van der Waals surface area contributed by atoms with Crippen LogP contribution >= 0.6 is 11.6 Å². The normalized spacial score (nSPS) is 15.2. The Morgan fingerprint density at radius 1 is 1.37 bits per heavy atom. The van der Waals surface area contributed by atoms with Gasteiger partial charge in [0.25, 0.3) is 11.8 Å². The Kier molecular flexibility index (Phi) is 6.62. The number of carbonyl (C=O) groups is 3. The molecule has 1 aliphatic rings. The lowest BCUT2D eigenvalue weighted by molar-refractivity contribution is -0.175. The fourth-order valence-corrected chi connectivity index (χ4v) is 3.03. The van der Waals surface area contributed by atoms with Crippen LogP contribution < -0.4 is 10.2 Å². The number of nitrogens with zero attached hydrogens (tertiary/aromatic N) is 2. The molecule has 27 heavy (non-hydrogen) atoms. The van der Waals surface area contributed by atoms with Crippen molar-refractivity contribution >= 4 is 40.7 Å². The van der Waals surface area contributed by atoms with Crippen molar-refractivity contribution < 1.29 is 19.2 Å². The van der Waals surface area contributed by atoms with Crippen LogP contribution in [0.1, 0.15) is 34.1 Å². The molecule has 0 aromatic heterocycles. The van der Waals surface area contributed by atoms with Gasteiger partial charge in [-0.25, -0.2) is 9.96 Å². The average molecular weight is 394 g/mol. The van der Waals surface area contributed by atoms with Gasteiger partial charge in [0.15, 0.2) is 0 Å². The summed E-state index contributed by atoms with van der Waals surface area (Å²) in [4.78, 5) is 43.4. The highest BCUT2D eigenvalue weighted by Crippen LogP contribution is 2.33. The summed E-state index contributed by atoms with van der Waals surface area (Å²) < 4.78 is 0. The predicted molar refractivity (Wildman–Crippen MR) is 104 cm³/mol. The molecule has 0 saturated carbocycles. The van der Waals surface area contributed by atoms with Crippen LogP contribution in [0.2, 0.25) is 5.02 Å². The van der Waals surface area contributed by atoms with Gasteiger partial charge in [-0.05, 0) is 45.9 Å². The molecule has 0 radical (unpaired) electrons. The minimum absolute atomic E-state index is 0.0841. The van der Waals surface area contributed by atoms with Gasteiger partial charge in [-0.3, -0.25) is 19.2 Å². The van der Waals surface area contributed by atoms with Crippen molar-refractivity contribution in [1.82, 2.24) is 5.06 Å². The molecule has 0 aliphatic carbocycles. The van der Waals surface area contributed by atoms with Crippen molar-refractivity contribution in [2.75, 3.05) is 23.9 Å². The lowest BCUT2D eigenvalue weighted by atomic mass is 10.1. The maximum atomic E-state index is 12.6. The van der Waals surface area contributed by atoms with E-state index in [9.17, 15) is 14.4 Å². The van der Waals surface area contributed by atoms with Gasteiger partial charge in [-0.2, -0.15) is 0 Å². The molecule has 1 aromatic carbocycles. The van der Waals surface area contributed by atoms with Crippen LogP contribution in [-0.4, -0.2) is 42.5 Å². The minimum Gasteiger partial charge on any atom is -0.373 e. The zero-order valence-electron chi connectivity index (χ0n) is 16.1. The van der Waals surface area contributed by atoms with Gasteiger partial charge in [0.2, 0.25) is 5.91 Å². The first-order valence-corrected chi connectivity index (χ1v) is 9.04. The van der Waals surface area contributed by atoms with Crippen molar-refractivity contribution in [3.05, 3.63) is 34.4 Å². The molecule has 1 heterocycles. The second kappa shape index (κ2) is 8.54. The average Bonchev–Trinajstić information content (AvgIpc) is 2.92. The number of allylic oxidation sites excluding steroid dienone is 1. The summed E-state index contributed by atoms with van der Waals surface area (Å²) in [6.07, 6.45) is 0.0841. The standard InChI is InChI=1S/C19H24ClN3O4/c1-6-22(27-5)18(25)12(4)21-16-9-13(7-8-15(16)20)23-17(24)10-14(11(2)3)19(23)26/h7-9,12,21H,6,10H2,1-5H3. The maximum absolute atomic E-state index is 12.6. The van der Waals surface area contributed by atoms with E-state index in [1.807, 2.05) is 0 Å².